The number of benzene rings is 1. The molecule has 2 fully saturated rings. The van der Waals surface area contributed by atoms with Crippen LogP contribution in [0.3, 0.4) is 0 Å². The number of morpholine rings is 1. The topological polar surface area (TPSA) is 41.6 Å². The smallest absolute Gasteiger partial charge is 0.251 e. The van der Waals surface area contributed by atoms with E-state index in [0.717, 1.165) is 31.8 Å². The number of nitrogens with one attached hydrogen (secondary N) is 1. The second kappa shape index (κ2) is 9.31. The Balaban J connectivity index is 1.47. The summed E-state index contributed by atoms with van der Waals surface area (Å²) >= 11 is 3.97. The molecule has 1 unspecified atom stereocenters. The van der Waals surface area contributed by atoms with E-state index in [1.807, 2.05) is 35.7 Å². The van der Waals surface area contributed by atoms with Crippen LogP contribution in [0.15, 0.2) is 24.3 Å². The Morgan fingerprint density at radius 1 is 1.28 bits per heavy atom. The third-order valence-corrected chi connectivity index (χ3v) is 7.51. The molecule has 1 N–H and O–H groups in total. The molecule has 1 aromatic carbocycles. The lowest BCUT2D eigenvalue weighted by Gasteiger charge is -2.33. The fraction of sp³-hybridized carbons (Fsp3) is 0.632. The zero-order valence-electron chi connectivity index (χ0n) is 15.1. The molecule has 2 heterocycles. The van der Waals surface area contributed by atoms with Gasteiger partial charge in [-0.05, 0) is 23.6 Å². The van der Waals surface area contributed by atoms with E-state index in [9.17, 15) is 4.79 Å². The molecule has 2 aliphatic heterocycles. The number of carbonyl (C=O) groups excluding carboxylic acids is 1. The third kappa shape index (κ3) is 5.64. The van der Waals surface area contributed by atoms with Crippen molar-refractivity contribution in [3.8, 4) is 0 Å². The predicted molar refractivity (Wildman–Crippen MR) is 107 cm³/mol. The van der Waals surface area contributed by atoms with Gasteiger partial charge in [-0.2, -0.15) is 0 Å². The predicted octanol–water partition coefficient (Wildman–Crippen LogP) is 3.25. The Morgan fingerprint density at radius 2 is 2.00 bits per heavy atom. The fourth-order valence-corrected chi connectivity index (χ4v) is 6.10. The molecule has 0 aliphatic carbocycles. The van der Waals surface area contributed by atoms with Gasteiger partial charge in [0.25, 0.3) is 5.91 Å². The van der Waals surface area contributed by atoms with Gasteiger partial charge in [-0.1, -0.05) is 26.0 Å². The summed E-state index contributed by atoms with van der Waals surface area (Å²) in [4.78, 5) is 14.8. The van der Waals surface area contributed by atoms with Gasteiger partial charge in [0.1, 0.15) is 0 Å². The lowest BCUT2D eigenvalue weighted by molar-refractivity contribution is -0.0295. The Hall–Kier alpha value is -0.690. The molecule has 1 aromatic rings. The van der Waals surface area contributed by atoms with Gasteiger partial charge in [0.05, 0.1) is 17.3 Å². The molecular formula is C19H28N2O2S2. The number of ether oxygens (including phenoxy) is 1. The van der Waals surface area contributed by atoms with Crippen molar-refractivity contribution < 1.29 is 9.53 Å². The first kappa shape index (κ1) is 19.1. The zero-order valence-corrected chi connectivity index (χ0v) is 16.7. The summed E-state index contributed by atoms with van der Waals surface area (Å²) in [6.45, 7) is 8.76. The van der Waals surface area contributed by atoms with Crippen LogP contribution < -0.4 is 5.32 Å². The number of hydrogen-bond donors (Lipinski definition) is 1. The molecular weight excluding hydrogens is 352 g/mol. The van der Waals surface area contributed by atoms with Gasteiger partial charge in [0.2, 0.25) is 0 Å². The molecule has 2 saturated heterocycles. The van der Waals surface area contributed by atoms with Crippen LogP contribution in [0.2, 0.25) is 0 Å². The molecule has 2 aliphatic rings. The summed E-state index contributed by atoms with van der Waals surface area (Å²) < 4.78 is 6.33. The Morgan fingerprint density at radius 3 is 2.68 bits per heavy atom. The molecule has 6 heteroatoms. The molecule has 3 rings (SSSR count). The maximum absolute atomic E-state index is 12.4. The summed E-state index contributed by atoms with van der Waals surface area (Å²) in [7, 11) is 0. The molecule has 0 aromatic heterocycles. The van der Waals surface area contributed by atoms with Gasteiger partial charge in [0, 0.05) is 43.2 Å². The van der Waals surface area contributed by atoms with E-state index in [2.05, 4.69) is 36.2 Å². The van der Waals surface area contributed by atoms with Crippen molar-refractivity contribution in [1.29, 1.82) is 0 Å². The van der Waals surface area contributed by atoms with E-state index in [-0.39, 0.29) is 12.0 Å². The van der Waals surface area contributed by atoms with Crippen LogP contribution in [0.4, 0.5) is 0 Å². The summed E-state index contributed by atoms with van der Waals surface area (Å²) in [6.07, 6.45) is 0.0852. The van der Waals surface area contributed by atoms with Gasteiger partial charge >= 0.3 is 0 Å². The highest BCUT2D eigenvalue weighted by molar-refractivity contribution is 8.19. The van der Waals surface area contributed by atoms with Crippen LogP contribution in [0.1, 0.15) is 34.4 Å². The molecule has 4 nitrogen and oxygen atoms in total. The zero-order chi connectivity index (χ0) is 17.6. The summed E-state index contributed by atoms with van der Waals surface area (Å²) in [5.74, 6) is 3.07. The Bertz CT molecular complexity index is 559. The minimum atomic E-state index is -0.0112. The maximum Gasteiger partial charge on any atom is 0.251 e. The summed E-state index contributed by atoms with van der Waals surface area (Å²) in [5.41, 5.74) is 2.04. The van der Waals surface area contributed by atoms with E-state index in [1.54, 1.807) is 0 Å². The van der Waals surface area contributed by atoms with Crippen molar-refractivity contribution in [2.75, 3.05) is 44.3 Å². The molecule has 1 amide bonds. The SMILES string of the molecule is CC(C)CN1CCOC(CNC(=O)c2ccc(C3SCCS3)cc2)C1. The van der Waals surface area contributed by atoms with Gasteiger partial charge in [-0.15, -0.1) is 23.5 Å². The van der Waals surface area contributed by atoms with E-state index < -0.39 is 0 Å². The molecule has 0 radical (unpaired) electrons. The highest BCUT2D eigenvalue weighted by atomic mass is 32.2. The van der Waals surface area contributed by atoms with Crippen molar-refractivity contribution in [2.24, 2.45) is 5.92 Å². The Kier molecular flexibility index (Phi) is 7.10. The van der Waals surface area contributed by atoms with E-state index >= 15 is 0 Å². The van der Waals surface area contributed by atoms with E-state index in [4.69, 9.17) is 4.74 Å². The van der Waals surface area contributed by atoms with E-state index in [0.29, 0.717) is 17.0 Å². The quantitative estimate of drug-likeness (QED) is 0.820. The standard InChI is InChI=1S/C19H28N2O2S2/c1-14(2)12-21-7-8-23-17(13-21)11-20-18(22)15-3-5-16(6-4-15)19-24-9-10-25-19/h3-6,14,17,19H,7-13H2,1-2H3,(H,20,22). The van der Waals surface area contributed by atoms with Crippen LogP contribution in [0.5, 0.6) is 0 Å². The maximum atomic E-state index is 12.4. The molecule has 0 saturated carbocycles. The first-order chi connectivity index (χ1) is 12.1. The van der Waals surface area contributed by atoms with Gasteiger partial charge in [-0.25, -0.2) is 0 Å². The fourth-order valence-electron chi connectivity index (χ4n) is 3.24. The van der Waals surface area contributed by atoms with Crippen LogP contribution >= 0.6 is 23.5 Å². The van der Waals surface area contributed by atoms with Crippen molar-refractivity contribution in [1.82, 2.24) is 10.2 Å². The van der Waals surface area contributed by atoms with Gasteiger partial charge in [0.15, 0.2) is 0 Å². The molecule has 1 atom stereocenters. The van der Waals surface area contributed by atoms with Crippen LogP contribution in [0, 0.1) is 5.92 Å². The van der Waals surface area contributed by atoms with Crippen LogP contribution in [-0.2, 0) is 4.74 Å². The second-order valence-corrected chi connectivity index (χ2v) is 9.78. The number of hydrogen-bond acceptors (Lipinski definition) is 5. The second-order valence-electron chi connectivity index (χ2n) is 7.05. The minimum Gasteiger partial charge on any atom is -0.374 e. The lowest BCUT2D eigenvalue weighted by atomic mass is 10.1. The van der Waals surface area contributed by atoms with Crippen molar-refractivity contribution in [3.63, 3.8) is 0 Å². The normalized spacial score (nSPS) is 22.4. The molecule has 138 valence electrons. The average molecular weight is 381 g/mol. The highest BCUT2D eigenvalue weighted by Crippen LogP contribution is 2.45. The summed E-state index contributed by atoms with van der Waals surface area (Å²) in [5, 5.41) is 3.03. The molecule has 0 bridgehead atoms. The largest absolute Gasteiger partial charge is 0.374 e. The number of rotatable bonds is 6. The first-order valence-corrected chi connectivity index (χ1v) is 11.2. The molecule has 25 heavy (non-hydrogen) atoms. The number of carbonyl (C=O) groups is 1. The van der Waals surface area contributed by atoms with Crippen LogP contribution in [0.25, 0.3) is 0 Å². The summed E-state index contributed by atoms with van der Waals surface area (Å²) in [6, 6.07) is 8.06. The minimum absolute atomic E-state index is 0.0112. The van der Waals surface area contributed by atoms with Gasteiger partial charge < -0.3 is 10.1 Å². The van der Waals surface area contributed by atoms with Crippen LogP contribution in [-0.4, -0.2) is 61.2 Å². The number of thioether (sulfide) groups is 2. The first-order valence-electron chi connectivity index (χ1n) is 9.07. The highest BCUT2D eigenvalue weighted by Gasteiger charge is 2.22. The van der Waals surface area contributed by atoms with E-state index in [1.165, 1.54) is 17.1 Å². The van der Waals surface area contributed by atoms with Gasteiger partial charge in [-0.3, -0.25) is 9.69 Å². The Labute approximate surface area is 159 Å². The number of amides is 1. The van der Waals surface area contributed by atoms with Crippen molar-refractivity contribution in [2.45, 2.75) is 24.5 Å². The monoisotopic (exact) mass is 380 g/mol. The lowest BCUT2D eigenvalue weighted by Crippen LogP contribution is -2.48. The number of nitrogens with zero attached hydrogens (tertiary/aromatic N) is 1. The average Bonchev–Trinajstić information content (AvgIpc) is 3.14. The van der Waals surface area contributed by atoms with Crippen molar-refractivity contribution >= 4 is 29.4 Å². The molecule has 0 spiro atoms. The third-order valence-electron chi connectivity index (χ3n) is 4.40. The van der Waals surface area contributed by atoms with Crippen molar-refractivity contribution in [3.05, 3.63) is 35.4 Å².